The van der Waals surface area contributed by atoms with Crippen LogP contribution in [-0.4, -0.2) is 19.7 Å². The first-order valence-corrected chi connectivity index (χ1v) is 10.6. The van der Waals surface area contributed by atoms with Gasteiger partial charge in [0.05, 0.1) is 27.4 Å². The molecule has 0 spiro atoms. The van der Waals surface area contributed by atoms with E-state index in [-0.39, 0.29) is 5.82 Å². The van der Waals surface area contributed by atoms with Gasteiger partial charge in [-0.15, -0.1) is 11.3 Å². The van der Waals surface area contributed by atoms with Gasteiger partial charge >= 0.3 is 0 Å². The molecule has 2 aromatic carbocycles. The SMILES string of the molecule is Cc1c(Br)sc2ncnc(Nc3ccc4c(cnn4Cc4cccc(F)c4)c3)c12. The van der Waals surface area contributed by atoms with E-state index in [0.29, 0.717) is 6.54 Å². The zero-order chi connectivity index (χ0) is 20.0. The van der Waals surface area contributed by atoms with E-state index in [2.05, 4.69) is 43.2 Å². The number of anilines is 2. The Kier molecular flexibility index (Phi) is 4.52. The largest absolute Gasteiger partial charge is 0.340 e. The molecule has 0 bridgehead atoms. The van der Waals surface area contributed by atoms with E-state index in [9.17, 15) is 4.39 Å². The summed E-state index contributed by atoms with van der Waals surface area (Å²) in [6.45, 7) is 2.57. The number of aryl methyl sites for hydroxylation is 1. The molecule has 0 aliphatic carbocycles. The van der Waals surface area contributed by atoms with Crippen LogP contribution in [0.5, 0.6) is 0 Å². The first kappa shape index (κ1) is 18.2. The van der Waals surface area contributed by atoms with Crippen molar-refractivity contribution in [1.29, 1.82) is 0 Å². The first-order chi connectivity index (χ1) is 14.1. The van der Waals surface area contributed by atoms with Gasteiger partial charge in [-0.1, -0.05) is 12.1 Å². The number of hydrogen-bond acceptors (Lipinski definition) is 5. The Hall–Kier alpha value is -2.84. The maximum atomic E-state index is 13.5. The molecular formula is C21H15BrFN5S. The molecule has 5 aromatic rings. The molecule has 144 valence electrons. The van der Waals surface area contributed by atoms with E-state index in [1.165, 1.54) is 12.1 Å². The van der Waals surface area contributed by atoms with E-state index in [1.807, 2.05) is 35.1 Å². The highest BCUT2D eigenvalue weighted by Crippen LogP contribution is 2.37. The van der Waals surface area contributed by atoms with Crippen LogP contribution >= 0.6 is 27.3 Å². The Morgan fingerprint density at radius 1 is 1.17 bits per heavy atom. The fourth-order valence-corrected chi connectivity index (χ4v) is 4.91. The Bertz CT molecular complexity index is 1360. The second kappa shape index (κ2) is 7.20. The van der Waals surface area contributed by atoms with E-state index in [0.717, 1.165) is 47.5 Å². The molecule has 3 aromatic heterocycles. The van der Waals surface area contributed by atoms with Crippen molar-refractivity contribution in [3.05, 3.63) is 75.7 Å². The van der Waals surface area contributed by atoms with Gasteiger partial charge in [-0.25, -0.2) is 14.4 Å². The normalized spacial score (nSPS) is 11.4. The molecule has 5 nitrogen and oxygen atoms in total. The van der Waals surface area contributed by atoms with Crippen LogP contribution in [0, 0.1) is 12.7 Å². The molecule has 0 aliphatic heterocycles. The van der Waals surface area contributed by atoms with Gasteiger partial charge < -0.3 is 5.32 Å². The van der Waals surface area contributed by atoms with Crippen molar-refractivity contribution >= 4 is 59.9 Å². The quantitative estimate of drug-likeness (QED) is 0.349. The zero-order valence-corrected chi connectivity index (χ0v) is 17.8. The summed E-state index contributed by atoms with van der Waals surface area (Å²) < 4.78 is 16.4. The average molecular weight is 468 g/mol. The standard InChI is InChI=1S/C21H15BrFN5S/c1-12-18-20(24-11-25-21(18)29-19(12)22)27-16-5-6-17-14(8-16)9-26-28(17)10-13-3-2-4-15(23)7-13/h2-9,11H,10H2,1H3,(H,24,25,27). The smallest absolute Gasteiger partial charge is 0.142 e. The fourth-order valence-electron chi connectivity index (χ4n) is 3.38. The van der Waals surface area contributed by atoms with Crippen LogP contribution in [0.2, 0.25) is 0 Å². The molecule has 29 heavy (non-hydrogen) atoms. The number of halogens is 2. The van der Waals surface area contributed by atoms with E-state index >= 15 is 0 Å². The lowest BCUT2D eigenvalue weighted by molar-refractivity contribution is 0.621. The molecule has 0 aliphatic rings. The number of nitrogens with zero attached hydrogens (tertiary/aromatic N) is 4. The van der Waals surface area contributed by atoms with Gasteiger partial charge in [-0.05, 0) is 64.3 Å². The number of aromatic nitrogens is 4. The Labute approximate surface area is 178 Å². The summed E-state index contributed by atoms with van der Waals surface area (Å²) in [7, 11) is 0. The van der Waals surface area contributed by atoms with Crippen LogP contribution in [0.15, 0.2) is 58.8 Å². The number of hydrogen-bond donors (Lipinski definition) is 1. The van der Waals surface area contributed by atoms with Crippen molar-refractivity contribution < 1.29 is 4.39 Å². The minimum Gasteiger partial charge on any atom is -0.340 e. The van der Waals surface area contributed by atoms with Crippen molar-refractivity contribution in [2.75, 3.05) is 5.32 Å². The molecule has 8 heteroatoms. The van der Waals surface area contributed by atoms with Crippen LogP contribution in [0.25, 0.3) is 21.1 Å². The van der Waals surface area contributed by atoms with Crippen LogP contribution in [-0.2, 0) is 6.54 Å². The van der Waals surface area contributed by atoms with Crippen molar-refractivity contribution in [3.8, 4) is 0 Å². The van der Waals surface area contributed by atoms with Crippen LogP contribution in [0.1, 0.15) is 11.1 Å². The van der Waals surface area contributed by atoms with Crippen LogP contribution in [0.3, 0.4) is 0 Å². The number of nitrogens with one attached hydrogen (secondary N) is 1. The predicted octanol–water partition coefficient (Wildman–Crippen LogP) is 6.04. The van der Waals surface area contributed by atoms with Gasteiger partial charge in [0.25, 0.3) is 0 Å². The molecule has 0 unspecified atom stereocenters. The summed E-state index contributed by atoms with van der Waals surface area (Å²) in [6.07, 6.45) is 3.39. The van der Waals surface area contributed by atoms with Crippen molar-refractivity contribution in [2.45, 2.75) is 13.5 Å². The molecule has 3 heterocycles. The molecule has 0 radical (unpaired) electrons. The first-order valence-electron chi connectivity index (χ1n) is 8.95. The van der Waals surface area contributed by atoms with Crippen molar-refractivity contribution in [2.24, 2.45) is 0 Å². The monoisotopic (exact) mass is 467 g/mol. The Balaban J connectivity index is 1.47. The average Bonchev–Trinajstić information content (AvgIpc) is 3.23. The minimum absolute atomic E-state index is 0.239. The lowest BCUT2D eigenvalue weighted by Gasteiger charge is -2.08. The predicted molar refractivity (Wildman–Crippen MR) is 118 cm³/mol. The van der Waals surface area contributed by atoms with Gasteiger partial charge in [0.2, 0.25) is 0 Å². The van der Waals surface area contributed by atoms with Crippen molar-refractivity contribution in [1.82, 2.24) is 19.7 Å². The highest BCUT2D eigenvalue weighted by Gasteiger charge is 2.13. The number of fused-ring (bicyclic) bond motifs is 2. The molecule has 0 atom stereocenters. The highest BCUT2D eigenvalue weighted by atomic mass is 79.9. The molecule has 5 rings (SSSR count). The summed E-state index contributed by atoms with van der Waals surface area (Å²) in [5, 5.41) is 9.90. The number of thiophene rings is 1. The fraction of sp³-hybridized carbons (Fsp3) is 0.0952. The topological polar surface area (TPSA) is 55.6 Å². The maximum absolute atomic E-state index is 13.5. The third-order valence-corrected chi connectivity index (χ3v) is 6.86. The Morgan fingerprint density at radius 3 is 2.93 bits per heavy atom. The van der Waals surface area contributed by atoms with Gasteiger partial charge in [0.15, 0.2) is 0 Å². The van der Waals surface area contributed by atoms with Crippen LogP contribution in [0.4, 0.5) is 15.9 Å². The lowest BCUT2D eigenvalue weighted by atomic mass is 10.2. The highest BCUT2D eigenvalue weighted by molar-refractivity contribution is 9.11. The van der Waals surface area contributed by atoms with Gasteiger partial charge in [-0.3, -0.25) is 4.68 Å². The molecule has 0 saturated carbocycles. The van der Waals surface area contributed by atoms with Crippen molar-refractivity contribution in [3.63, 3.8) is 0 Å². The summed E-state index contributed by atoms with van der Waals surface area (Å²) >= 11 is 5.18. The maximum Gasteiger partial charge on any atom is 0.142 e. The molecule has 0 fully saturated rings. The van der Waals surface area contributed by atoms with Gasteiger partial charge in [0, 0.05) is 11.1 Å². The van der Waals surface area contributed by atoms with E-state index in [4.69, 9.17) is 0 Å². The second-order valence-corrected chi connectivity index (χ2v) is 9.05. The number of rotatable bonds is 4. The van der Waals surface area contributed by atoms with Gasteiger partial charge in [0.1, 0.15) is 22.8 Å². The molecule has 0 saturated heterocycles. The third-order valence-electron chi connectivity index (χ3n) is 4.79. The Morgan fingerprint density at radius 2 is 2.07 bits per heavy atom. The molecule has 0 amide bonds. The van der Waals surface area contributed by atoms with Gasteiger partial charge in [-0.2, -0.15) is 5.10 Å². The summed E-state index contributed by atoms with van der Waals surface area (Å²) in [5.74, 6) is 0.540. The summed E-state index contributed by atoms with van der Waals surface area (Å²) in [4.78, 5) is 9.74. The summed E-state index contributed by atoms with van der Waals surface area (Å²) in [5.41, 5.74) is 3.91. The van der Waals surface area contributed by atoms with E-state index < -0.39 is 0 Å². The van der Waals surface area contributed by atoms with E-state index in [1.54, 1.807) is 23.7 Å². The van der Waals surface area contributed by atoms with Crippen LogP contribution < -0.4 is 5.32 Å². The summed E-state index contributed by atoms with van der Waals surface area (Å²) in [6, 6.07) is 12.6. The molecular weight excluding hydrogens is 453 g/mol. The lowest BCUT2D eigenvalue weighted by Crippen LogP contribution is -2.01. The number of benzene rings is 2. The second-order valence-electron chi connectivity index (χ2n) is 6.73. The zero-order valence-electron chi connectivity index (χ0n) is 15.4. The molecule has 1 N–H and O–H groups in total. The minimum atomic E-state index is -0.239. The third kappa shape index (κ3) is 3.38.